The lowest BCUT2D eigenvalue weighted by atomic mass is 10.0. The maximum atomic E-state index is 12.9. The largest absolute Gasteiger partial charge is 0.462 e. The Kier molecular flexibility index (Phi) is 61.7. The second-order valence-corrected chi connectivity index (χ2v) is 22.0. The molecule has 0 aliphatic heterocycles. The van der Waals surface area contributed by atoms with E-state index in [0.29, 0.717) is 19.3 Å². The van der Waals surface area contributed by atoms with Crippen molar-refractivity contribution in [1.29, 1.82) is 0 Å². The first-order chi connectivity index (χ1) is 37.5. The molecule has 0 saturated carbocycles. The van der Waals surface area contributed by atoms with Gasteiger partial charge < -0.3 is 14.2 Å². The van der Waals surface area contributed by atoms with Crippen LogP contribution in [0.1, 0.15) is 335 Å². The van der Waals surface area contributed by atoms with Crippen LogP contribution in [-0.4, -0.2) is 37.2 Å². The third-order valence-corrected chi connectivity index (χ3v) is 14.5. The first-order valence-electron chi connectivity index (χ1n) is 32.9. The Hall–Kier alpha value is -3.15. The van der Waals surface area contributed by atoms with Gasteiger partial charge in [-0.25, -0.2) is 0 Å². The average Bonchev–Trinajstić information content (AvgIpc) is 3.42. The molecular weight excluding hydrogens is 937 g/mol. The van der Waals surface area contributed by atoms with Gasteiger partial charge in [0.15, 0.2) is 6.10 Å². The quantitative estimate of drug-likeness (QED) is 0.0261. The first kappa shape index (κ1) is 72.8. The van der Waals surface area contributed by atoms with E-state index in [0.717, 1.165) is 96.3 Å². The second-order valence-electron chi connectivity index (χ2n) is 22.0. The minimum absolute atomic E-state index is 0.0694. The summed E-state index contributed by atoms with van der Waals surface area (Å²) in [6, 6.07) is 0. The third-order valence-electron chi connectivity index (χ3n) is 14.5. The van der Waals surface area contributed by atoms with E-state index in [2.05, 4.69) is 93.7 Å². The van der Waals surface area contributed by atoms with Crippen LogP contribution in [0, 0.1) is 0 Å². The minimum atomic E-state index is -0.771. The standard InChI is InChI=1S/C70H124O6/c1-4-7-10-13-16-19-22-25-27-28-29-30-31-32-33-34-35-36-37-38-39-40-41-42-44-45-48-51-54-57-60-63-69(72)75-66-67(65-74-68(71)62-59-56-53-50-47-24-21-18-15-12-9-6-3)76-70(73)64-61-58-55-52-49-46-43-26-23-20-17-14-11-8-5-2/h7,10,16,19,25,27,29-30,32-33,35-36,67H,4-6,8-9,11-15,17-18,20-24,26,28,31,34,37-66H2,1-3H3/b10-7-,19-16-,27-25-,30-29-,33-32-,36-35-. The van der Waals surface area contributed by atoms with Crippen LogP contribution in [0.25, 0.3) is 0 Å². The van der Waals surface area contributed by atoms with E-state index >= 15 is 0 Å². The van der Waals surface area contributed by atoms with Crippen LogP contribution < -0.4 is 0 Å². The number of carbonyl (C=O) groups excluding carboxylic acids is 3. The highest BCUT2D eigenvalue weighted by molar-refractivity contribution is 5.71. The van der Waals surface area contributed by atoms with E-state index in [4.69, 9.17) is 14.2 Å². The lowest BCUT2D eigenvalue weighted by molar-refractivity contribution is -0.167. The molecule has 440 valence electrons. The summed E-state index contributed by atoms with van der Waals surface area (Å²) in [5.74, 6) is -0.852. The fraction of sp³-hybridized carbons (Fsp3) is 0.786. The van der Waals surface area contributed by atoms with Gasteiger partial charge in [-0.1, -0.05) is 318 Å². The zero-order valence-corrected chi connectivity index (χ0v) is 50.5. The summed E-state index contributed by atoms with van der Waals surface area (Å²) in [5.41, 5.74) is 0. The van der Waals surface area contributed by atoms with Gasteiger partial charge in [-0.15, -0.1) is 0 Å². The molecule has 76 heavy (non-hydrogen) atoms. The molecule has 0 rings (SSSR count). The van der Waals surface area contributed by atoms with Crippen LogP contribution in [0.5, 0.6) is 0 Å². The topological polar surface area (TPSA) is 78.9 Å². The highest BCUT2D eigenvalue weighted by atomic mass is 16.6. The number of esters is 3. The monoisotopic (exact) mass is 1060 g/mol. The molecular formula is C70H124O6. The van der Waals surface area contributed by atoms with E-state index in [1.54, 1.807) is 0 Å². The van der Waals surface area contributed by atoms with Gasteiger partial charge in [0.25, 0.3) is 0 Å². The molecule has 0 spiro atoms. The van der Waals surface area contributed by atoms with Gasteiger partial charge >= 0.3 is 17.9 Å². The molecule has 1 unspecified atom stereocenters. The predicted octanol–water partition coefficient (Wildman–Crippen LogP) is 22.5. The number of allylic oxidation sites excluding steroid dienone is 12. The van der Waals surface area contributed by atoms with Gasteiger partial charge in [0, 0.05) is 19.3 Å². The second kappa shape index (κ2) is 64.4. The van der Waals surface area contributed by atoms with Crippen molar-refractivity contribution in [3.8, 4) is 0 Å². The number of unbranched alkanes of at least 4 members (excludes halogenated alkanes) is 37. The van der Waals surface area contributed by atoms with Crippen molar-refractivity contribution in [3.63, 3.8) is 0 Å². The Balaban J connectivity index is 4.18. The maximum Gasteiger partial charge on any atom is 0.306 e. The molecule has 0 N–H and O–H groups in total. The Morgan fingerprint density at radius 3 is 0.803 bits per heavy atom. The Morgan fingerprint density at radius 2 is 0.513 bits per heavy atom. The molecule has 0 aliphatic carbocycles. The molecule has 6 nitrogen and oxygen atoms in total. The van der Waals surface area contributed by atoms with Crippen molar-refractivity contribution in [2.45, 2.75) is 341 Å². The highest BCUT2D eigenvalue weighted by Gasteiger charge is 2.19. The van der Waals surface area contributed by atoms with Crippen molar-refractivity contribution < 1.29 is 28.6 Å². The van der Waals surface area contributed by atoms with E-state index in [-0.39, 0.29) is 31.1 Å². The summed E-state index contributed by atoms with van der Waals surface area (Å²) in [6.45, 7) is 6.57. The van der Waals surface area contributed by atoms with Crippen molar-refractivity contribution in [2.24, 2.45) is 0 Å². The molecule has 0 aliphatic rings. The summed E-state index contributed by atoms with van der Waals surface area (Å²) in [5, 5.41) is 0. The molecule has 6 heteroatoms. The third kappa shape index (κ3) is 61.7. The fourth-order valence-electron chi connectivity index (χ4n) is 9.57. The van der Waals surface area contributed by atoms with Crippen LogP contribution in [0.3, 0.4) is 0 Å². The predicted molar refractivity (Wildman–Crippen MR) is 330 cm³/mol. The fourth-order valence-corrected chi connectivity index (χ4v) is 9.57. The Labute approximate surface area is 472 Å². The van der Waals surface area contributed by atoms with Crippen molar-refractivity contribution >= 4 is 17.9 Å². The van der Waals surface area contributed by atoms with Crippen molar-refractivity contribution in [1.82, 2.24) is 0 Å². The van der Waals surface area contributed by atoms with Gasteiger partial charge in [0.1, 0.15) is 13.2 Å². The lowest BCUT2D eigenvalue weighted by Gasteiger charge is -2.18. The smallest absolute Gasteiger partial charge is 0.306 e. The number of ether oxygens (including phenoxy) is 3. The van der Waals surface area contributed by atoms with E-state index in [1.165, 1.54) is 199 Å². The van der Waals surface area contributed by atoms with Gasteiger partial charge in [-0.2, -0.15) is 0 Å². The summed E-state index contributed by atoms with van der Waals surface area (Å²) >= 11 is 0. The lowest BCUT2D eigenvalue weighted by Crippen LogP contribution is -2.30. The summed E-state index contributed by atoms with van der Waals surface area (Å²) in [4.78, 5) is 38.3. The van der Waals surface area contributed by atoms with Gasteiger partial charge in [0.05, 0.1) is 0 Å². The molecule has 0 saturated heterocycles. The molecule has 0 aromatic carbocycles. The summed E-state index contributed by atoms with van der Waals surface area (Å²) in [7, 11) is 0. The number of carbonyl (C=O) groups is 3. The molecule has 0 aromatic heterocycles. The highest BCUT2D eigenvalue weighted by Crippen LogP contribution is 2.17. The van der Waals surface area contributed by atoms with Gasteiger partial charge in [0.2, 0.25) is 0 Å². The summed E-state index contributed by atoms with van der Waals surface area (Å²) < 4.78 is 16.9. The van der Waals surface area contributed by atoms with Crippen molar-refractivity contribution in [2.75, 3.05) is 13.2 Å². The zero-order valence-electron chi connectivity index (χ0n) is 50.5. The van der Waals surface area contributed by atoms with Crippen LogP contribution in [0.15, 0.2) is 72.9 Å². The van der Waals surface area contributed by atoms with Gasteiger partial charge in [-0.05, 0) is 70.6 Å². The molecule has 1 atom stereocenters. The van der Waals surface area contributed by atoms with Gasteiger partial charge in [-0.3, -0.25) is 14.4 Å². The molecule has 0 fully saturated rings. The number of rotatable bonds is 60. The zero-order chi connectivity index (χ0) is 55.0. The maximum absolute atomic E-state index is 12.9. The van der Waals surface area contributed by atoms with Crippen LogP contribution in [0.4, 0.5) is 0 Å². The Bertz CT molecular complexity index is 1400. The number of hydrogen-bond acceptors (Lipinski definition) is 6. The van der Waals surface area contributed by atoms with E-state index in [9.17, 15) is 14.4 Å². The van der Waals surface area contributed by atoms with Crippen molar-refractivity contribution in [3.05, 3.63) is 72.9 Å². The summed E-state index contributed by atoms with van der Waals surface area (Å²) in [6.07, 6.45) is 83.4. The van der Waals surface area contributed by atoms with E-state index in [1.807, 2.05) is 0 Å². The molecule has 0 aromatic rings. The van der Waals surface area contributed by atoms with E-state index < -0.39 is 6.10 Å². The molecule has 0 radical (unpaired) electrons. The molecule has 0 bridgehead atoms. The van der Waals surface area contributed by atoms with Crippen LogP contribution in [0.2, 0.25) is 0 Å². The normalized spacial score (nSPS) is 12.5. The minimum Gasteiger partial charge on any atom is -0.462 e. The van der Waals surface area contributed by atoms with Crippen LogP contribution >= 0.6 is 0 Å². The first-order valence-corrected chi connectivity index (χ1v) is 32.9. The average molecular weight is 1060 g/mol. The van der Waals surface area contributed by atoms with Crippen LogP contribution in [-0.2, 0) is 28.6 Å². The Morgan fingerprint density at radius 1 is 0.276 bits per heavy atom. The SMILES string of the molecule is CC/C=C\C/C=C\C/C=C\C/C=C\C/C=C\C/C=C\CCCCCCCCCCCCCCC(=O)OCC(COC(=O)CCCCCCCCCCCCCC)OC(=O)CCCCCCCCCCCCCCCCC. The molecule has 0 amide bonds. The molecule has 0 heterocycles. The number of hydrogen-bond donors (Lipinski definition) is 0.